The monoisotopic (exact) mass is 312 g/mol. The second-order valence-corrected chi connectivity index (χ2v) is 9.62. The minimum absolute atomic E-state index is 0.0250. The second kappa shape index (κ2) is 7.01. The van der Waals surface area contributed by atoms with Crippen molar-refractivity contribution in [3.63, 3.8) is 0 Å². The molecule has 8 heteroatoms. The van der Waals surface area contributed by atoms with Crippen LogP contribution in [0.2, 0.25) is 0 Å². The Labute approximate surface area is 116 Å². The van der Waals surface area contributed by atoms with E-state index < -0.39 is 25.1 Å². The fraction of sp³-hybridized carbons (Fsp3) is 1.00. The summed E-state index contributed by atoms with van der Waals surface area (Å²) in [7, 11) is -6.41. The summed E-state index contributed by atoms with van der Waals surface area (Å²) >= 11 is 0. The molecular weight excluding hydrogens is 288 g/mol. The first-order valence-corrected chi connectivity index (χ1v) is 10.0. The maximum Gasteiger partial charge on any atom is 0.214 e. The SMILES string of the molecule is CC(CN)CCCNS(=O)(=O)C1CCS(=O)(=O)CC1. The summed E-state index contributed by atoms with van der Waals surface area (Å²) in [5.74, 6) is 0.343. The summed E-state index contributed by atoms with van der Waals surface area (Å²) in [6.07, 6.45) is 2.05. The van der Waals surface area contributed by atoms with Crippen LogP contribution in [-0.2, 0) is 19.9 Å². The Hall–Kier alpha value is -0.180. The van der Waals surface area contributed by atoms with Gasteiger partial charge in [0.05, 0.1) is 16.8 Å². The van der Waals surface area contributed by atoms with Crippen LogP contribution in [0.4, 0.5) is 0 Å². The first-order chi connectivity index (χ1) is 8.77. The van der Waals surface area contributed by atoms with Gasteiger partial charge >= 0.3 is 0 Å². The fourth-order valence-electron chi connectivity index (χ4n) is 2.08. The lowest BCUT2D eigenvalue weighted by atomic mass is 10.1. The van der Waals surface area contributed by atoms with Crippen molar-refractivity contribution in [1.29, 1.82) is 0 Å². The summed E-state index contributed by atoms with van der Waals surface area (Å²) < 4.78 is 49.1. The second-order valence-electron chi connectivity index (χ2n) is 5.27. The molecule has 0 radical (unpaired) electrons. The van der Waals surface area contributed by atoms with E-state index in [0.29, 0.717) is 19.0 Å². The molecule has 0 bridgehead atoms. The highest BCUT2D eigenvalue weighted by Gasteiger charge is 2.32. The standard InChI is InChI=1S/C11H24N2O4S2/c1-10(9-12)3-2-6-13-19(16,17)11-4-7-18(14,15)8-5-11/h10-11,13H,2-9,12H2,1H3. The van der Waals surface area contributed by atoms with E-state index in [4.69, 9.17) is 5.73 Å². The van der Waals surface area contributed by atoms with Crippen LogP contribution in [0.25, 0.3) is 0 Å². The quantitative estimate of drug-likeness (QED) is 0.636. The van der Waals surface area contributed by atoms with Gasteiger partial charge in [-0.25, -0.2) is 21.6 Å². The van der Waals surface area contributed by atoms with Gasteiger partial charge in [-0.2, -0.15) is 0 Å². The molecule has 1 aliphatic rings. The van der Waals surface area contributed by atoms with Crippen LogP contribution in [0.5, 0.6) is 0 Å². The average molecular weight is 312 g/mol. The van der Waals surface area contributed by atoms with E-state index in [-0.39, 0.29) is 24.3 Å². The van der Waals surface area contributed by atoms with Gasteiger partial charge in [-0.15, -0.1) is 0 Å². The molecule has 0 saturated carbocycles. The van der Waals surface area contributed by atoms with Crippen LogP contribution in [0, 0.1) is 5.92 Å². The van der Waals surface area contributed by atoms with Gasteiger partial charge in [-0.1, -0.05) is 6.92 Å². The van der Waals surface area contributed by atoms with Gasteiger partial charge in [0, 0.05) is 6.54 Å². The van der Waals surface area contributed by atoms with Crippen LogP contribution in [0.3, 0.4) is 0 Å². The van der Waals surface area contributed by atoms with Crippen molar-refractivity contribution < 1.29 is 16.8 Å². The molecule has 1 heterocycles. The van der Waals surface area contributed by atoms with E-state index in [9.17, 15) is 16.8 Å². The van der Waals surface area contributed by atoms with Crippen molar-refractivity contribution in [3.05, 3.63) is 0 Å². The maximum atomic E-state index is 12.0. The van der Waals surface area contributed by atoms with E-state index in [2.05, 4.69) is 4.72 Å². The molecule has 3 N–H and O–H groups in total. The van der Waals surface area contributed by atoms with Gasteiger partial charge in [0.25, 0.3) is 0 Å². The van der Waals surface area contributed by atoms with Crippen molar-refractivity contribution in [1.82, 2.24) is 4.72 Å². The molecule has 6 nitrogen and oxygen atoms in total. The summed E-state index contributed by atoms with van der Waals surface area (Å²) in [5.41, 5.74) is 5.49. The number of rotatable bonds is 7. The van der Waals surface area contributed by atoms with Gasteiger partial charge in [0.1, 0.15) is 9.84 Å². The van der Waals surface area contributed by atoms with Gasteiger partial charge in [-0.3, -0.25) is 0 Å². The third-order valence-electron chi connectivity index (χ3n) is 3.52. The van der Waals surface area contributed by atoms with Crippen LogP contribution in [0.1, 0.15) is 32.6 Å². The van der Waals surface area contributed by atoms with E-state index in [1.54, 1.807) is 0 Å². The highest BCUT2D eigenvalue weighted by atomic mass is 32.2. The normalized spacial score (nSPS) is 22.2. The van der Waals surface area contributed by atoms with Crippen molar-refractivity contribution in [2.45, 2.75) is 37.9 Å². The number of hydrogen-bond acceptors (Lipinski definition) is 5. The van der Waals surface area contributed by atoms with Gasteiger partial charge in [0.2, 0.25) is 10.0 Å². The molecule has 0 aromatic heterocycles. The highest BCUT2D eigenvalue weighted by Crippen LogP contribution is 2.18. The smallest absolute Gasteiger partial charge is 0.214 e. The Morgan fingerprint density at radius 1 is 1.32 bits per heavy atom. The molecule has 0 amide bonds. The lowest BCUT2D eigenvalue weighted by Crippen LogP contribution is -2.40. The number of sulfone groups is 1. The minimum Gasteiger partial charge on any atom is -0.330 e. The van der Waals surface area contributed by atoms with Crippen molar-refractivity contribution in [3.8, 4) is 0 Å². The zero-order valence-electron chi connectivity index (χ0n) is 11.3. The Bertz CT molecular complexity index is 459. The van der Waals surface area contributed by atoms with Crippen LogP contribution in [-0.4, -0.2) is 46.7 Å². The zero-order chi connectivity index (χ0) is 14.5. The van der Waals surface area contributed by atoms with Crippen LogP contribution < -0.4 is 10.5 Å². The lowest BCUT2D eigenvalue weighted by Gasteiger charge is -2.22. The first kappa shape index (κ1) is 16.9. The summed E-state index contributed by atoms with van der Waals surface area (Å²) in [5, 5.41) is -0.567. The molecule has 1 saturated heterocycles. The predicted molar refractivity (Wildman–Crippen MR) is 76.1 cm³/mol. The predicted octanol–water partition coefficient (Wildman–Crippen LogP) is -0.142. The topological polar surface area (TPSA) is 106 Å². The Morgan fingerprint density at radius 3 is 2.42 bits per heavy atom. The fourth-order valence-corrected chi connectivity index (χ4v) is 5.39. The summed E-state index contributed by atoms with van der Waals surface area (Å²) in [4.78, 5) is 0. The molecule has 1 unspecified atom stereocenters. The summed E-state index contributed by atoms with van der Waals surface area (Å²) in [6, 6.07) is 0. The molecule has 1 rings (SSSR count). The third-order valence-corrected chi connectivity index (χ3v) is 7.19. The molecule has 0 aromatic rings. The van der Waals surface area contributed by atoms with Crippen molar-refractivity contribution >= 4 is 19.9 Å². The van der Waals surface area contributed by atoms with E-state index in [1.807, 2.05) is 6.92 Å². The van der Waals surface area contributed by atoms with Gasteiger partial charge in [-0.05, 0) is 38.1 Å². The van der Waals surface area contributed by atoms with E-state index in [1.165, 1.54) is 0 Å². The highest BCUT2D eigenvalue weighted by molar-refractivity contribution is 7.92. The van der Waals surface area contributed by atoms with Crippen molar-refractivity contribution in [2.24, 2.45) is 11.7 Å². The Balaban J connectivity index is 2.36. The van der Waals surface area contributed by atoms with Crippen LogP contribution in [0.15, 0.2) is 0 Å². The Morgan fingerprint density at radius 2 is 1.89 bits per heavy atom. The molecular formula is C11H24N2O4S2. The first-order valence-electron chi connectivity index (χ1n) is 6.66. The largest absolute Gasteiger partial charge is 0.330 e. The zero-order valence-corrected chi connectivity index (χ0v) is 13.0. The average Bonchev–Trinajstić information content (AvgIpc) is 2.33. The lowest BCUT2D eigenvalue weighted by molar-refractivity contribution is 0.508. The molecule has 1 atom stereocenters. The summed E-state index contributed by atoms with van der Waals surface area (Å²) in [6.45, 7) is 3.03. The van der Waals surface area contributed by atoms with Gasteiger partial charge in [0.15, 0.2) is 0 Å². The molecule has 1 fully saturated rings. The maximum absolute atomic E-state index is 12.0. The third kappa shape index (κ3) is 5.76. The molecule has 0 spiro atoms. The van der Waals surface area contributed by atoms with Crippen LogP contribution >= 0.6 is 0 Å². The van der Waals surface area contributed by atoms with Crippen molar-refractivity contribution in [2.75, 3.05) is 24.6 Å². The molecule has 1 aliphatic heterocycles. The number of nitrogens with two attached hydrogens (primary N) is 1. The van der Waals surface area contributed by atoms with Gasteiger partial charge < -0.3 is 5.73 Å². The minimum atomic E-state index is -3.38. The van der Waals surface area contributed by atoms with E-state index in [0.717, 1.165) is 12.8 Å². The molecule has 0 aliphatic carbocycles. The molecule has 114 valence electrons. The Kier molecular flexibility index (Phi) is 6.22. The number of sulfonamides is 1. The number of hydrogen-bond donors (Lipinski definition) is 2. The molecule has 0 aromatic carbocycles. The molecule has 19 heavy (non-hydrogen) atoms. The van der Waals surface area contributed by atoms with E-state index >= 15 is 0 Å². The number of nitrogens with one attached hydrogen (secondary N) is 1.